The fraction of sp³-hybridized carbons (Fsp3) is 0.400. The van der Waals surface area contributed by atoms with E-state index in [0.717, 1.165) is 36.8 Å². The largest absolute Gasteiger partial charge is 0.462 e. The van der Waals surface area contributed by atoms with Crippen LogP contribution in [0.2, 0.25) is 5.02 Å². The molecule has 0 atom stereocenters. The molecule has 26 heavy (non-hydrogen) atoms. The van der Waals surface area contributed by atoms with Gasteiger partial charge >= 0.3 is 5.97 Å². The van der Waals surface area contributed by atoms with E-state index in [2.05, 4.69) is 5.32 Å². The maximum absolute atomic E-state index is 12.6. The van der Waals surface area contributed by atoms with Gasteiger partial charge in [0, 0.05) is 21.9 Å². The smallest absolute Gasteiger partial charge is 0.341 e. The quantitative estimate of drug-likeness (QED) is 0.659. The fourth-order valence-electron chi connectivity index (χ4n) is 3.28. The molecule has 0 radical (unpaired) electrons. The molecule has 138 valence electrons. The third kappa shape index (κ3) is 4.27. The zero-order chi connectivity index (χ0) is 18.5. The van der Waals surface area contributed by atoms with Crippen molar-refractivity contribution in [2.45, 2.75) is 39.0 Å². The van der Waals surface area contributed by atoms with Crippen molar-refractivity contribution in [3.8, 4) is 11.1 Å². The third-order valence-electron chi connectivity index (χ3n) is 4.64. The second kappa shape index (κ2) is 8.69. The van der Waals surface area contributed by atoms with Gasteiger partial charge in [0.2, 0.25) is 5.91 Å². The van der Waals surface area contributed by atoms with Crippen LogP contribution >= 0.6 is 22.9 Å². The van der Waals surface area contributed by atoms with Gasteiger partial charge in [-0.2, -0.15) is 0 Å². The summed E-state index contributed by atoms with van der Waals surface area (Å²) >= 11 is 7.32. The van der Waals surface area contributed by atoms with E-state index in [9.17, 15) is 9.59 Å². The lowest BCUT2D eigenvalue weighted by atomic mass is 9.88. The molecule has 4 nitrogen and oxygen atoms in total. The van der Waals surface area contributed by atoms with Gasteiger partial charge in [-0.05, 0) is 37.5 Å². The Hall–Kier alpha value is -1.85. The minimum absolute atomic E-state index is 0.000227. The topological polar surface area (TPSA) is 55.4 Å². The molecule has 1 heterocycles. The summed E-state index contributed by atoms with van der Waals surface area (Å²) in [7, 11) is 0. The average Bonchev–Trinajstić information content (AvgIpc) is 3.07. The van der Waals surface area contributed by atoms with E-state index < -0.39 is 5.97 Å². The number of thiophene rings is 1. The van der Waals surface area contributed by atoms with Gasteiger partial charge in [-0.3, -0.25) is 4.79 Å². The Morgan fingerprint density at radius 1 is 1.19 bits per heavy atom. The van der Waals surface area contributed by atoms with Gasteiger partial charge in [-0.1, -0.05) is 43.0 Å². The molecule has 0 unspecified atom stereocenters. The number of halogens is 1. The molecule has 0 spiro atoms. The van der Waals surface area contributed by atoms with Crippen LogP contribution in [0.4, 0.5) is 5.00 Å². The molecular formula is C20H22ClNO3S. The minimum atomic E-state index is -0.419. The summed E-state index contributed by atoms with van der Waals surface area (Å²) in [5.41, 5.74) is 2.04. The third-order valence-corrected chi connectivity index (χ3v) is 5.79. The first-order valence-corrected chi connectivity index (χ1v) is 10.2. The van der Waals surface area contributed by atoms with Crippen LogP contribution in [0.15, 0.2) is 29.6 Å². The first-order chi connectivity index (χ1) is 12.6. The predicted octanol–water partition coefficient (Wildman–Crippen LogP) is 5.76. The molecule has 1 aliphatic carbocycles. The van der Waals surface area contributed by atoms with Crippen LogP contribution in [-0.4, -0.2) is 18.5 Å². The molecular weight excluding hydrogens is 370 g/mol. The number of hydrogen-bond acceptors (Lipinski definition) is 4. The van der Waals surface area contributed by atoms with E-state index in [-0.39, 0.29) is 18.4 Å². The molecule has 1 aliphatic rings. The monoisotopic (exact) mass is 391 g/mol. The summed E-state index contributed by atoms with van der Waals surface area (Å²) in [4.78, 5) is 25.2. The van der Waals surface area contributed by atoms with Crippen LogP contribution in [0.1, 0.15) is 49.4 Å². The molecule has 3 rings (SSSR count). The van der Waals surface area contributed by atoms with Gasteiger partial charge in [0.1, 0.15) is 10.6 Å². The molecule has 0 bridgehead atoms. The summed E-state index contributed by atoms with van der Waals surface area (Å²) in [6, 6.07) is 7.28. The number of hydrogen-bond donors (Lipinski definition) is 1. The van der Waals surface area contributed by atoms with Crippen molar-refractivity contribution in [1.82, 2.24) is 0 Å². The van der Waals surface area contributed by atoms with Gasteiger partial charge in [-0.15, -0.1) is 11.3 Å². The number of amides is 1. The molecule has 1 aromatic heterocycles. The number of carbonyl (C=O) groups is 2. The maximum atomic E-state index is 12.6. The zero-order valence-corrected chi connectivity index (χ0v) is 16.3. The van der Waals surface area contributed by atoms with Crippen LogP contribution < -0.4 is 5.32 Å². The Morgan fingerprint density at radius 2 is 1.88 bits per heavy atom. The van der Waals surface area contributed by atoms with Crippen LogP contribution in [0, 0.1) is 5.92 Å². The highest BCUT2D eigenvalue weighted by molar-refractivity contribution is 7.15. The minimum Gasteiger partial charge on any atom is -0.462 e. The molecule has 0 aliphatic heterocycles. The van der Waals surface area contributed by atoms with Crippen molar-refractivity contribution < 1.29 is 14.3 Å². The fourth-order valence-corrected chi connectivity index (χ4v) is 4.36. The van der Waals surface area contributed by atoms with Crippen molar-refractivity contribution in [2.75, 3.05) is 11.9 Å². The Bertz CT molecular complexity index is 779. The summed E-state index contributed by atoms with van der Waals surface area (Å²) in [6.45, 7) is 2.05. The van der Waals surface area contributed by atoms with Gasteiger partial charge in [-0.25, -0.2) is 4.79 Å². The number of rotatable bonds is 5. The highest BCUT2D eigenvalue weighted by Crippen LogP contribution is 2.37. The normalized spacial score (nSPS) is 14.8. The van der Waals surface area contributed by atoms with Gasteiger partial charge in [0.15, 0.2) is 0 Å². The number of nitrogens with one attached hydrogen (secondary N) is 1. The van der Waals surface area contributed by atoms with Crippen molar-refractivity contribution in [1.29, 1.82) is 0 Å². The average molecular weight is 392 g/mol. The summed E-state index contributed by atoms with van der Waals surface area (Å²) in [5.74, 6) is -0.391. The van der Waals surface area contributed by atoms with Crippen molar-refractivity contribution in [3.05, 3.63) is 40.2 Å². The van der Waals surface area contributed by atoms with E-state index in [0.29, 0.717) is 15.6 Å². The zero-order valence-electron chi connectivity index (χ0n) is 14.7. The Kier molecular flexibility index (Phi) is 6.33. The van der Waals surface area contributed by atoms with Crippen LogP contribution in [0.25, 0.3) is 11.1 Å². The van der Waals surface area contributed by atoms with E-state index in [1.54, 1.807) is 19.1 Å². The number of ether oxygens (including phenoxy) is 1. The molecule has 1 saturated carbocycles. The lowest BCUT2D eigenvalue weighted by Gasteiger charge is -2.20. The molecule has 1 aromatic carbocycles. The van der Waals surface area contributed by atoms with E-state index >= 15 is 0 Å². The number of anilines is 1. The number of esters is 1. The maximum Gasteiger partial charge on any atom is 0.341 e. The summed E-state index contributed by atoms with van der Waals surface area (Å²) < 4.78 is 5.23. The summed E-state index contributed by atoms with van der Waals surface area (Å²) in [6.07, 6.45) is 5.19. The van der Waals surface area contributed by atoms with E-state index in [1.165, 1.54) is 17.8 Å². The lowest BCUT2D eigenvalue weighted by Crippen LogP contribution is -2.25. The SMILES string of the molecule is CCOC(=O)c1c(-c2ccc(Cl)cc2)csc1NC(=O)C1CCCCC1. The van der Waals surface area contributed by atoms with Gasteiger partial charge in [0.05, 0.1) is 6.61 Å². The second-order valence-electron chi connectivity index (χ2n) is 6.41. The summed E-state index contributed by atoms with van der Waals surface area (Å²) in [5, 5.41) is 6.05. The molecule has 1 N–H and O–H groups in total. The second-order valence-corrected chi connectivity index (χ2v) is 7.72. The molecule has 1 fully saturated rings. The molecule has 0 saturated heterocycles. The molecule has 1 amide bonds. The standard InChI is InChI=1S/C20H22ClNO3S/c1-2-25-20(24)17-16(13-8-10-15(21)11-9-13)12-26-19(17)22-18(23)14-6-4-3-5-7-14/h8-12,14H,2-7H2,1H3,(H,22,23). The number of benzene rings is 1. The van der Waals surface area contributed by atoms with E-state index in [4.69, 9.17) is 16.3 Å². The predicted molar refractivity (Wildman–Crippen MR) is 106 cm³/mol. The number of carbonyl (C=O) groups excluding carboxylic acids is 2. The van der Waals surface area contributed by atoms with E-state index in [1.807, 2.05) is 17.5 Å². The van der Waals surface area contributed by atoms with Crippen molar-refractivity contribution in [3.63, 3.8) is 0 Å². The van der Waals surface area contributed by atoms with Crippen molar-refractivity contribution >= 4 is 39.8 Å². The highest BCUT2D eigenvalue weighted by atomic mass is 35.5. The van der Waals surface area contributed by atoms with Crippen LogP contribution in [0.3, 0.4) is 0 Å². The Labute approximate surface area is 162 Å². The van der Waals surface area contributed by atoms with Crippen LogP contribution in [0.5, 0.6) is 0 Å². The molecule has 2 aromatic rings. The van der Waals surface area contributed by atoms with Crippen LogP contribution in [-0.2, 0) is 9.53 Å². The highest BCUT2D eigenvalue weighted by Gasteiger charge is 2.26. The van der Waals surface area contributed by atoms with Gasteiger partial charge in [0.25, 0.3) is 0 Å². The molecule has 6 heteroatoms. The first kappa shape index (κ1) is 18.9. The lowest BCUT2D eigenvalue weighted by molar-refractivity contribution is -0.120. The van der Waals surface area contributed by atoms with Gasteiger partial charge < -0.3 is 10.1 Å². The first-order valence-electron chi connectivity index (χ1n) is 8.95. The Morgan fingerprint density at radius 3 is 2.54 bits per heavy atom. The Balaban J connectivity index is 1.90. The van der Waals surface area contributed by atoms with Crippen molar-refractivity contribution in [2.24, 2.45) is 5.92 Å².